The summed E-state index contributed by atoms with van der Waals surface area (Å²) >= 11 is 0. The Kier molecular flexibility index (Phi) is 36.2. The molecule has 0 atom stereocenters. The van der Waals surface area contributed by atoms with Crippen LogP contribution in [0.3, 0.4) is 0 Å². The van der Waals surface area contributed by atoms with Gasteiger partial charge in [-0.25, -0.2) is 0 Å². The van der Waals surface area contributed by atoms with Crippen molar-refractivity contribution in [3.63, 3.8) is 0 Å². The molecule has 0 aliphatic heterocycles. The molecule has 6 nitrogen and oxygen atoms in total. The molecule has 0 saturated heterocycles. The van der Waals surface area contributed by atoms with E-state index < -0.39 is 18.3 Å². The molecule has 0 radical (unpaired) electrons. The van der Waals surface area contributed by atoms with Gasteiger partial charge in [0.2, 0.25) is 0 Å². The van der Waals surface area contributed by atoms with Gasteiger partial charge in [0.15, 0.2) is 0 Å². The van der Waals surface area contributed by atoms with Gasteiger partial charge in [0.05, 0.1) is 0 Å². The maximum absolute atomic E-state index is 8.52. The third-order valence-corrected chi connectivity index (χ3v) is 0. The molecule has 0 aliphatic carbocycles. The van der Waals surface area contributed by atoms with Gasteiger partial charge in [-0.15, -0.1) is 0 Å². The van der Waals surface area contributed by atoms with E-state index in [-0.39, 0.29) is 34.1 Å². The van der Waals surface area contributed by atoms with E-state index in [0.29, 0.717) is 0 Å². The van der Waals surface area contributed by atoms with Gasteiger partial charge in [0.1, 0.15) is 0 Å². The normalized spacial score (nSPS) is 4.80. The largest absolute Gasteiger partial charge is 2.00 e. The summed E-state index contributed by atoms with van der Waals surface area (Å²) in [6.45, 7) is 0. The minimum atomic E-state index is -3.63. The third kappa shape index (κ3) is 5880. The molecule has 0 aromatic rings. The summed E-state index contributed by atoms with van der Waals surface area (Å²) in [5.41, 5.74) is 0. The topological polar surface area (TPSA) is 126 Å². The first-order valence-corrected chi connectivity index (χ1v) is 3.67. The van der Waals surface area contributed by atoms with Crippen LogP contribution in [0, 0.1) is 0 Å². The second-order valence-electron chi connectivity index (χ2n) is 0.500. The van der Waals surface area contributed by atoms with E-state index >= 15 is 0 Å². The minimum absolute atomic E-state index is 0. The molecule has 60 valence electrons. The van der Waals surface area contributed by atoms with Crippen LogP contribution < -0.4 is 19.2 Å². The first-order chi connectivity index (χ1) is 3.46. The first-order valence-electron chi connectivity index (χ1n) is 1.22. The smallest absolute Gasteiger partial charge is 0.672 e. The van der Waals surface area contributed by atoms with Gasteiger partial charge in [0, 0.05) is 18.3 Å². The fourth-order valence-electron chi connectivity index (χ4n) is 0. The molecule has 0 fully saturated rings. The summed E-state index contributed by atoms with van der Waals surface area (Å²) in [7, 11) is -7.26. The van der Waals surface area contributed by atoms with Crippen molar-refractivity contribution in [2.75, 3.05) is 0 Å². The van der Waals surface area contributed by atoms with Crippen molar-refractivity contribution in [1.29, 1.82) is 0 Å². The van der Waals surface area contributed by atoms with Crippen LogP contribution in [0.25, 0.3) is 0 Å². The van der Waals surface area contributed by atoms with Crippen molar-refractivity contribution in [1.82, 2.24) is 0 Å². The van der Waals surface area contributed by atoms with Gasteiger partial charge >= 0.3 is 34.1 Å². The molecule has 0 rings (SSSR count). The Morgan fingerprint density at radius 1 is 0.700 bits per heavy atom. The van der Waals surface area contributed by atoms with Crippen molar-refractivity contribution in [2.24, 2.45) is 0 Å². The van der Waals surface area contributed by atoms with Gasteiger partial charge in [0.25, 0.3) is 0 Å². The Bertz CT molecular complexity index is 71.7. The summed E-state index contributed by atoms with van der Waals surface area (Å²) in [4.78, 5) is 34.1. The van der Waals surface area contributed by atoms with Crippen LogP contribution in [0.15, 0.2) is 0 Å². The standard InChI is InChI=1S/2Fe.2O3Si/c;;2*1-4(2)3/q2*+2;2*-2. The predicted molar refractivity (Wildman–Crippen MR) is 12.9 cm³/mol. The molecule has 10 heavy (non-hydrogen) atoms. The number of hydrogen-bond donors (Lipinski definition) is 0. The van der Waals surface area contributed by atoms with Gasteiger partial charge in [-0.1, -0.05) is 0 Å². The molecule has 0 amide bonds. The molecule has 0 N–H and O–H groups in total. The van der Waals surface area contributed by atoms with E-state index in [2.05, 4.69) is 0 Å². The average molecular weight is 264 g/mol. The van der Waals surface area contributed by atoms with E-state index in [1.54, 1.807) is 0 Å². The third-order valence-electron chi connectivity index (χ3n) is 0. The van der Waals surface area contributed by atoms with Crippen LogP contribution in [-0.4, -0.2) is 18.3 Å². The summed E-state index contributed by atoms with van der Waals surface area (Å²) in [6, 6.07) is 0. The van der Waals surface area contributed by atoms with E-state index in [0.717, 1.165) is 0 Å². The predicted octanol–water partition coefficient (Wildman–Crippen LogP) is -5.76. The van der Waals surface area contributed by atoms with E-state index in [9.17, 15) is 0 Å². The quantitative estimate of drug-likeness (QED) is 0.401. The number of hydrogen-bond acceptors (Lipinski definition) is 6. The van der Waals surface area contributed by atoms with Gasteiger partial charge in [-0.2, -0.15) is 0 Å². The van der Waals surface area contributed by atoms with Gasteiger partial charge in [-0.05, 0) is 0 Å². The van der Waals surface area contributed by atoms with Crippen LogP contribution in [0.2, 0.25) is 0 Å². The molecule has 0 spiro atoms. The Labute approximate surface area is 80.7 Å². The van der Waals surface area contributed by atoms with Crippen molar-refractivity contribution in [3.05, 3.63) is 0 Å². The first kappa shape index (κ1) is 22.4. The molecule has 0 aromatic heterocycles. The maximum atomic E-state index is 8.52. The Morgan fingerprint density at radius 2 is 0.700 bits per heavy atom. The van der Waals surface area contributed by atoms with E-state index in [1.165, 1.54) is 0 Å². The number of rotatable bonds is 0. The van der Waals surface area contributed by atoms with Gasteiger partial charge < -0.3 is 28.1 Å². The SMILES string of the molecule is O=[Si]([O-])[O-].O=[Si]([O-])[O-].[Fe+2].[Fe+2]. The molecular weight excluding hydrogens is 264 g/mol. The molecule has 0 unspecified atom stereocenters. The molecule has 0 heterocycles. The summed E-state index contributed by atoms with van der Waals surface area (Å²) in [6.07, 6.45) is 0. The zero-order valence-electron chi connectivity index (χ0n) is 4.16. The van der Waals surface area contributed by atoms with E-state index in [1.807, 2.05) is 0 Å². The monoisotopic (exact) mass is 264 g/mol. The van der Waals surface area contributed by atoms with Gasteiger partial charge in [-0.3, -0.25) is 0 Å². The maximum Gasteiger partial charge on any atom is 2.00 e. The fourth-order valence-corrected chi connectivity index (χ4v) is 0. The van der Waals surface area contributed by atoms with Crippen LogP contribution in [0.1, 0.15) is 0 Å². The van der Waals surface area contributed by atoms with Crippen molar-refractivity contribution < 1.29 is 62.2 Å². The van der Waals surface area contributed by atoms with Crippen LogP contribution in [0.4, 0.5) is 0 Å². The van der Waals surface area contributed by atoms with Crippen molar-refractivity contribution in [3.8, 4) is 0 Å². The van der Waals surface area contributed by atoms with Crippen molar-refractivity contribution >= 4 is 18.3 Å². The molecule has 0 aliphatic rings. The Balaban J connectivity index is -0.0000000300. The van der Waals surface area contributed by atoms with Crippen LogP contribution in [-0.2, 0) is 43.1 Å². The van der Waals surface area contributed by atoms with Crippen LogP contribution >= 0.6 is 0 Å². The van der Waals surface area contributed by atoms with Crippen LogP contribution in [0.5, 0.6) is 0 Å². The van der Waals surface area contributed by atoms with Crippen molar-refractivity contribution in [2.45, 2.75) is 0 Å². The molecule has 0 saturated carbocycles. The molecule has 0 aromatic carbocycles. The Morgan fingerprint density at radius 3 is 0.700 bits per heavy atom. The Hall–Kier alpha value is 0.273. The fraction of sp³-hybridized carbons (Fsp3) is 0. The second kappa shape index (κ2) is 16.1. The molecular formula is Fe2O6Si2. The summed E-state index contributed by atoms with van der Waals surface area (Å²) < 4.78 is 17.0. The van der Waals surface area contributed by atoms with E-state index in [4.69, 9.17) is 28.1 Å². The zero-order valence-corrected chi connectivity index (χ0v) is 8.36. The minimum Gasteiger partial charge on any atom is -0.672 e. The zero-order chi connectivity index (χ0) is 7.15. The molecule has 0 bridgehead atoms. The molecule has 10 heteroatoms. The second-order valence-corrected chi connectivity index (χ2v) is 1.50. The summed E-state index contributed by atoms with van der Waals surface area (Å²) in [5.74, 6) is 0. The summed E-state index contributed by atoms with van der Waals surface area (Å²) in [5, 5.41) is 0. The average Bonchev–Trinajstić information content (AvgIpc) is 1.25.